The van der Waals surface area contributed by atoms with Gasteiger partial charge < -0.3 is 10.0 Å². The highest BCUT2D eigenvalue weighted by atomic mass is 16.3. The van der Waals surface area contributed by atoms with E-state index in [1.807, 2.05) is 30.3 Å². The second kappa shape index (κ2) is 4.56. The van der Waals surface area contributed by atoms with Crippen LogP contribution < -0.4 is 0 Å². The van der Waals surface area contributed by atoms with E-state index in [9.17, 15) is 5.11 Å². The van der Waals surface area contributed by atoms with Gasteiger partial charge in [0, 0.05) is 6.04 Å². The van der Waals surface area contributed by atoms with Gasteiger partial charge in [-0.05, 0) is 32.5 Å². The Morgan fingerprint density at radius 2 is 1.88 bits per heavy atom. The van der Waals surface area contributed by atoms with Gasteiger partial charge in [-0.2, -0.15) is 0 Å². The Hall–Kier alpha value is -0.860. The molecule has 1 aromatic rings. The summed E-state index contributed by atoms with van der Waals surface area (Å²) in [6, 6.07) is 10.3. The monoisotopic (exact) mass is 219 g/mol. The van der Waals surface area contributed by atoms with E-state index in [0.717, 1.165) is 24.8 Å². The van der Waals surface area contributed by atoms with Crippen molar-refractivity contribution in [2.75, 3.05) is 14.1 Å². The molecule has 88 valence electrons. The molecule has 2 atom stereocenters. The highest BCUT2D eigenvalue weighted by molar-refractivity contribution is 5.25. The topological polar surface area (TPSA) is 23.5 Å². The molecule has 1 aliphatic carbocycles. The maximum absolute atomic E-state index is 10.9. The van der Waals surface area contributed by atoms with Gasteiger partial charge >= 0.3 is 0 Å². The molecule has 0 saturated heterocycles. The molecule has 2 heteroatoms. The van der Waals surface area contributed by atoms with Gasteiger partial charge in [-0.1, -0.05) is 43.2 Å². The third kappa shape index (κ3) is 2.00. The Bertz CT molecular complexity index is 336. The minimum Gasteiger partial charge on any atom is -0.384 e. The summed E-state index contributed by atoms with van der Waals surface area (Å²) in [6.07, 6.45) is 4.30. The molecular formula is C14H21NO. The van der Waals surface area contributed by atoms with Crippen molar-refractivity contribution in [1.29, 1.82) is 0 Å². The Kier molecular flexibility index (Phi) is 3.31. The highest BCUT2D eigenvalue weighted by Gasteiger charge is 2.41. The lowest BCUT2D eigenvalue weighted by atomic mass is 9.75. The SMILES string of the molecule is CN(C)[C@@H]1CCCC[C@]1(O)c1ccccc1. The molecule has 1 fully saturated rings. The van der Waals surface area contributed by atoms with E-state index in [1.165, 1.54) is 6.42 Å². The van der Waals surface area contributed by atoms with Crippen molar-refractivity contribution < 1.29 is 5.11 Å². The normalized spacial score (nSPS) is 30.6. The molecule has 2 nitrogen and oxygen atoms in total. The Labute approximate surface area is 97.9 Å². The van der Waals surface area contributed by atoms with Crippen LogP contribution in [0.4, 0.5) is 0 Å². The summed E-state index contributed by atoms with van der Waals surface area (Å²) >= 11 is 0. The molecule has 0 aliphatic heterocycles. The van der Waals surface area contributed by atoms with Crippen molar-refractivity contribution in [2.24, 2.45) is 0 Å². The van der Waals surface area contributed by atoms with Crippen LogP contribution in [0.1, 0.15) is 31.2 Å². The summed E-state index contributed by atoms with van der Waals surface area (Å²) in [5.74, 6) is 0. The van der Waals surface area contributed by atoms with E-state index in [-0.39, 0.29) is 6.04 Å². The summed E-state index contributed by atoms with van der Waals surface area (Å²) in [7, 11) is 4.12. The molecule has 1 saturated carbocycles. The summed E-state index contributed by atoms with van der Waals surface area (Å²) in [5, 5.41) is 10.9. The van der Waals surface area contributed by atoms with Crippen molar-refractivity contribution in [3.63, 3.8) is 0 Å². The number of nitrogens with zero attached hydrogens (tertiary/aromatic N) is 1. The van der Waals surface area contributed by atoms with Gasteiger partial charge in [-0.15, -0.1) is 0 Å². The lowest BCUT2D eigenvalue weighted by Gasteiger charge is -2.43. The molecule has 0 spiro atoms. The quantitative estimate of drug-likeness (QED) is 0.825. The maximum Gasteiger partial charge on any atom is 0.105 e. The van der Waals surface area contributed by atoms with Crippen LogP contribution in [-0.2, 0) is 5.60 Å². The fourth-order valence-corrected chi connectivity index (χ4v) is 2.89. The smallest absolute Gasteiger partial charge is 0.105 e. The lowest BCUT2D eigenvalue weighted by Crippen LogP contribution is -2.49. The predicted molar refractivity (Wildman–Crippen MR) is 66.3 cm³/mol. The van der Waals surface area contributed by atoms with Gasteiger partial charge in [0.25, 0.3) is 0 Å². The number of likely N-dealkylation sites (N-methyl/N-ethyl adjacent to an activating group) is 1. The summed E-state index contributed by atoms with van der Waals surface area (Å²) in [6.45, 7) is 0. The molecule has 0 bridgehead atoms. The molecule has 16 heavy (non-hydrogen) atoms. The first-order valence-corrected chi connectivity index (χ1v) is 6.09. The van der Waals surface area contributed by atoms with Crippen molar-refractivity contribution in [1.82, 2.24) is 4.90 Å². The van der Waals surface area contributed by atoms with E-state index < -0.39 is 5.60 Å². The van der Waals surface area contributed by atoms with Gasteiger partial charge in [0.2, 0.25) is 0 Å². The highest BCUT2D eigenvalue weighted by Crippen LogP contribution is 2.39. The van der Waals surface area contributed by atoms with Gasteiger partial charge in [0.05, 0.1) is 0 Å². The van der Waals surface area contributed by atoms with Crippen molar-refractivity contribution in [3.8, 4) is 0 Å². The zero-order valence-corrected chi connectivity index (χ0v) is 10.2. The van der Waals surface area contributed by atoms with Crippen LogP contribution in [0.3, 0.4) is 0 Å². The number of benzene rings is 1. The molecule has 1 aromatic carbocycles. The van der Waals surface area contributed by atoms with Crippen molar-refractivity contribution >= 4 is 0 Å². The van der Waals surface area contributed by atoms with Crippen LogP contribution in [0.5, 0.6) is 0 Å². The second-order valence-electron chi connectivity index (χ2n) is 5.02. The molecule has 0 radical (unpaired) electrons. The van der Waals surface area contributed by atoms with Crippen LogP contribution in [-0.4, -0.2) is 30.1 Å². The van der Waals surface area contributed by atoms with Crippen LogP contribution in [0, 0.1) is 0 Å². The number of aliphatic hydroxyl groups is 1. The van der Waals surface area contributed by atoms with E-state index in [2.05, 4.69) is 19.0 Å². The first-order chi connectivity index (χ1) is 7.64. The molecule has 1 N–H and O–H groups in total. The molecule has 0 heterocycles. The average molecular weight is 219 g/mol. The third-order valence-corrected chi connectivity index (χ3v) is 3.73. The van der Waals surface area contributed by atoms with Crippen LogP contribution in [0.25, 0.3) is 0 Å². The first-order valence-electron chi connectivity index (χ1n) is 6.09. The molecule has 0 unspecified atom stereocenters. The van der Waals surface area contributed by atoms with Crippen LogP contribution in [0.15, 0.2) is 30.3 Å². The van der Waals surface area contributed by atoms with Gasteiger partial charge in [-0.3, -0.25) is 0 Å². The summed E-state index contributed by atoms with van der Waals surface area (Å²) in [5.41, 5.74) is 0.400. The molecule has 0 aromatic heterocycles. The van der Waals surface area contributed by atoms with Gasteiger partial charge in [-0.25, -0.2) is 0 Å². The Morgan fingerprint density at radius 1 is 1.19 bits per heavy atom. The largest absolute Gasteiger partial charge is 0.384 e. The fourth-order valence-electron chi connectivity index (χ4n) is 2.89. The predicted octanol–water partition coefficient (Wildman–Crippen LogP) is 2.38. The van der Waals surface area contributed by atoms with Gasteiger partial charge in [0.15, 0.2) is 0 Å². The number of hydrogen-bond acceptors (Lipinski definition) is 2. The van der Waals surface area contributed by atoms with Gasteiger partial charge in [0.1, 0.15) is 5.60 Å². The van der Waals surface area contributed by atoms with E-state index in [0.29, 0.717) is 0 Å². The fraction of sp³-hybridized carbons (Fsp3) is 0.571. The minimum atomic E-state index is -0.664. The third-order valence-electron chi connectivity index (χ3n) is 3.73. The molecular weight excluding hydrogens is 198 g/mol. The second-order valence-corrected chi connectivity index (χ2v) is 5.02. The molecule has 1 aliphatic rings. The Balaban J connectivity index is 2.33. The van der Waals surface area contributed by atoms with Crippen molar-refractivity contribution in [2.45, 2.75) is 37.3 Å². The standard InChI is InChI=1S/C14H21NO/c1-15(2)13-10-6-7-11-14(13,16)12-8-4-3-5-9-12/h3-5,8-9,13,16H,6-7,10-11H2,1-2H3/t13-,14+/m1/s1. The van der Waals surface area contributed by atoms with E-state index in [4.69, 9.17) is 0 Å². The summed E-state index contributed by atoms with van der Waals surface area (Å²) in [4.78, 5) is 2.16. The molecule has 0 amide bonds. The number of hydrogen-bond donors (Lipinski definition) is 1. The lowest BCUT2D eigenvalue weighted by molar-refractivity contribution is -0.0662. The van der Waals surface area contributed by atoms with Crippen molar-refractivity contribution in [3.05, 3.63) is 35.9 Å². The maximum atomic E-state index is 10.9. The molecule has 2 rings (SSSR count). The average Bonchev–Trinajstić information content (AvgIpc) is 2.30. The zero-order chi connectivity index (χ0) is 11.6. The first kappa shape index (κ1) is 11.6. The van der Waals surface area contributed by atoms with Crippen LogP contribution >= 0.6 is 0 Å². The van der Waals surface area contributed by atoms with E-state index in [1.54, 1.807) is 0 Å². The minimum absolute atomic E-state index is 0.239. The zero-order valence-electron chi connectivity index (χ0n) is 10.2. The van der Waals surface area contributed by atoms with Crippen LogP contribution in [0.2, 0.25) is 0 Å². The summed E-state index contributed by atoms with van der Waals surface area (Å²) < 4.78 is 0. The number of rotatable bonds is 2. The van der Waals surface area contributed by atoms with E-state index >= 15 is 0 Å². The Morgan fingerprint density at radius 3 is 2.50 bits per heavy atom.